The Hall–Kier alpha value is 0.0600. The molecule has 0 radical (unpaired) electrons. The fourth-order valence-corrected chi connectivity index (χ4v) is 1.40. The Balaban J connectivity index is 3.38. The molecule has 0 saturated heterocycles. The topological polar surface area (TPSA) is 76.1 Å². The zero-order valence-electron chi connectivity index (χ0n) is 9.77. The average Bonchev–Trinajstić information content (AvgIpc) is 2.24. The molecule has 1 unspecified atom stereocenters. The lowest BCUT2D eigenvalue weighted by Crippen LogP contribution is -2.35. The summed E-state index contributed by atoms with van der Waals surface area (Å²) < 4.78 is 13.6. The van der Waals surface area contributed by atoms with Crippen molar-refractivity contribution in [3.8, 4) is 0 Å². The van der Waals surface area contributed by atoms with Gasteiger partial charge in [0.2, 0.25) is 0 Å². The first-order valence-electron chi connectivity index (χ1n) is 5.82. The van der Waals surface area contributed by atoms with E-state index in [9.17, 15) is 4.39 Å². The molecule has 0 aromatic heterocycles. The Labute approximate surface area is 102 Å². The molecule has 1 atom stereocenters. The van der Waals surface area contributed by atoms with Crippen molar-refractivity contribution in [2.45, 2.75) is 24.4 Å². The van der Waals surface area contributed by atoms with Crippen molar-refractivity contribution in [3.63, 3.8) is 0 Å². The van der Waals surface area contributed by atoms with E-state index >= 15 is 0 Å². The molecule has 0 aromatic rings. The molecule has 0 fully saturated rings. The number of hydrogen-bond acceptors (Lipinski definition) is 4. The van der Waals surface area contributed by atoms with Crippen LogP contribution >= 0.6 is 11.6 Å². The van der Waals surface area contributed by atoms with Gasteiger partial charge in [-0.3, -0.25) is 0 Å². The number of rotatable bonds is 11. The summed E-state index contributed by atoms with van der Waals surface area (Å²) in [6.07, 6.45) is 2.02. The van der Waals surface area contributed by atoms with Crippen LogP contribution in [0.2, 0.25) is 0 Å². The summed E-state index contributed by atoms with van der Waals surface area (Å²) in [7, 11) is 0. The maximum atomic E-state index is 13.6. The monoisotopic (exact) mass is 254 g/mol. The second kappa shape index (κ2) is 10.2. The standard InChI is InChI=1S/C10H24ClFN4/c11-10(12,9-16-7-2-5-14)3-8-15-6-1-4-13/h15-16H,1-9,13-14H2. The van der Waals surface area contributed by atoms with Crippen LogP contribution in [0.4, 0.5) is 4.39 Å². The first-order valence-corrected chi connectivity index (χ1v) is 6.19. The zero-order chi connectivity index (χ0) is 12.3. The van der Waals surface area contributed by atoms with Gasteiger partial charge in [-0.05, 0) is 45.6 Å². The van der Waals surface area contributed by atoms with Crippen LogP contribution in [-0.4, -0.2) is 44.4 Å². The Morgan fingerprint density at radius 1 is 1.00 bits per heavy atom. The minimum Gasteiger partial charge on any atom is -0.330 e. The quantitative estimate of drug-likeness (QED) is 0.313. The molecule has 16 heavy (non-hydrogen) atoms. The van der Waals surface area contributed by atoms with Crippen molar-refractivity contribution >= 4 is 11.6 Å². The SMILES string of the molecule is NCCCNCCC(F)(Cl)CNCCCN. The van der Waals surface area contributed by atoms with Crippen LogP contribution in [0, 0.1) is 0 Å². The van der Waals surface area contributed by atoms with Crippen LogP contribution in [0.25, 0.3) is 0 Å². The number of alkyl halides is 2. The largest absolute Gasteiger partial charge is 0.330 e. The van der Waals surface area contributed by atoms with E-state index in [2.05, 4.69) is 10.6 Å². The normalized spacial score (nSPS) is 15.0. The molecule has 0 aliphatic carbocycles. The van der Waals surface area contributed by atoms with E-state index in [-0.39, 0.29) is 13.0 Å². The number of hydrogen-bond donors (Lipinski definition) is 4. The van der Waals surface area contributed by atoms with Crippen LogP contribution in [0.3, 0.4) is 0 Å². The Kier molecular flexibility index (Phi) is 10.3. The van der Waals surface area contributed by atoms with Gasteiger partial charge in [-0.2, -0.15) is 0 Å². The smallest absolute Gasteiger partial charge is 0.197 e. The molecule has 0 aliphatic heterocycles. The highest BCUT2D eigenvalue weighted by Crippen LogP contribution is 2.19. The minimum atomic E-state index is -1.68. The van der Waals surface area contributed by atoms with Gasteiger partial charge in [0.15, 0.2) is 5.13 Å². The third-order valence-corrected chi connectivity index (χ3v) is 2.49. The van der Waals surface area contributed by atoms with Crippen molar-refractivity contribution in [2.24, 2.45) is 11.5 Å². The van der Waals surface area contributed by atoms with E-state index < -0.39 is 5.13 Å². The molecule has 0 aliphatic rings. The van der Waals surface area contributed by atoms with Gasteiger partial charge in [0.1, 0.15) is 0 Å². The summed E-state index contributed by atoms with van der Waals surface area (Å²) in [5, 5.41) is 4.36. The van der Waals surface area contributed by atoms with E-state index in [0.29, 0.717) is 26.2 Å². The molecular weight excluding hydrogens is 231 g/mol. The summed E-state index contributed by atoms with van der Waals surface area (Å²) in [5.74, 6) is 0. The van der Waals surface area contributed by atoms with Crippen LogP contribution in [0.1, 0.15) is 19.3 Å². The lowest BCUT2D eigenvalue weighted by Gasteiger charge is -2.18. The Morgan fingerprint density at radius 3 is 2.12 bits per heavy atom. The van der Waals surface area contributed by atoms with Gasteiger partial charge < -0.3 is 22.1 Å². The highest BCUT2D eigenvalue weighted by atomic mass is 35.5. The Morgan fingerprint density at radius 2 is 1.56 bits per heavy atom. The molecule has 98 valence electrons. The molecule has 6 N–H and O–H groups in total. The van der Waals surface area contributed by atoms with Crippen LogP contribution in [0.5, 0.6) is 0 Å². The minimum absolute atomic E-state index is 0.160. The van der Waals surface area contributed by atoms with Gasteiger partial charge in [0.25, 0.3) is 0 Å². The van der Waals surface area contributed by atoms with E-state index in [4.69, 9.17) is 23.1 Å². The molecule has 0 heterocycles. The summed E-state index contributed by atoms with van der Waals surface area (Å²) in [5.41, 5.74) is 10.6. The molecule has 0 spiro atoms. The highest BCUT2D eigenvalue weighted by Gasteiger charge is 2.24. The lowest BCUT2D eigenvalue weighted by molar-refractivity contribution is 0.248. The van der Waals surface area contributed by atoms with Crippen LogP contribution < -0.4 is 22.1 Å². The summed E-state index contributed by atoms with van der Waals surface area (Å²) in [6, 6.07) is 0. The number of halogens is 2. The van der Waals surface area contributed by atoms with E-state index in [1.165, 1.54) is 0 Å². The molecule has 4 nitrogen and oxygen atoms in total. The number of nitrogens with one attached hydrogen (secondary N) is 2. The molecule has 0 saturated carbocycles. The second-order valence-corrected chi connectivity index (χ2v) is 4.49. The lowest BCUT2D eigenvalue weighted by atomic mass is 10.2. The molecule has 0 aromatic carbocycles. The van der Waals surface area contributed by atoms with Crippen LogP contribution in [-0.2, 0) is 0 Å². The van der Waals surface area contributed by atoms with Crippen molar-refractivity contribution in [1.82, 2.24) is 10.6 Å². The second-order valence-electron chi connectivity index (χ2n) is 3.82. The Bertz CT molecular complexity index is 158. The van der Waals surface area contributed by atoms with E-state index in [0.717, 1.165) is 19.4 Å². The predicted molar refractivity (Wildman–Crippen MR) is 67.4 cm³/mol. The third kappa shape index (κ3) is 10.6. The maximum absolute atomic E-state index is 13.6. The molecule has 0 rings (SSSR count). The van der Waals surface area contributed by atoms with Gasteiger partial charge in [-0.15, -0.1) is 0 Å². The fraction of sp³-hybridized carbons (Fsp3) is 1.00. The first-order chi connectivity index (χ1) is 7.62. The third-order valence-electron chi connectivity index (χ3n) is 2.17. The van der Waals surface area contributed by atoms with Gasteiger partial charge >= 0.3 is 0 Å². The number of nitrogens with two attached hydrogens (primary N) is 2. The van der Waals surface area contributed by atoms with Gasteiger partial charge in [-0.1, -0.05) is 11.6 Å². The molecule has 6 heteroatoms. The fourth-order valence-electron chi connectivity index (χ4n) is 1.21. The zero-order valence-corrected chi connectivity index (χ0v) is 10.5. The van der Waals surface area contributed by atoms with Crippen molar-refractivity contribution < 1.29 is 4.39 Å². The van der Waals surface area contributed by atoms with E-state index in [1.54, 1.807) is 0 Å². The molecule has 0 bridgehead atoms. The van der Waals surface area contributed by atoms with Crippen molar-refractivity contribution in [2.75, 3.05) is 39.3 Å². The average molecular weight is 255 g/mol. The van der Waals surface area contributed by atoms with Gasteiger partial charge in [0.05, 0.1) is 0 Å². The van der Waals surface area contributed by atoms with Gasteiger partial charge in [0, 0.05) is 13.0 Å². The van der Waals surface area contributed by atoms with Crippen LogP contribution in [0.15, 0.2) is 0 Å². The summed E-state index contributed by atoms with van der Waals surface area (Å²) in [4.78, 5) is 0. The first kappa shape index (κ1) is 16.1. The summed E-state index contributed by atoms with van der Waals surface area (Å²) in [6.45, 7) is 3.50. The highest BCUT2D eigenvalue weighted by molar-refractivity contribution is 6.23. The van der Waals surface area contributed by atoms with Gasteiger partial charge in [-0.25, -0.2) is 4.39 Å². The van der Waals surface area contributed by atoms with Crippen molar-refractivity contribution in [1.29, 1.82) is 0 Å². The summed E-state index contributed by atoms with van der Waals surface area (Å²) >= 11 is 5.70. The maximum Gasteiger partial charge on any atom is 0.197 e. The van der Waals surface area contributed by atoms with E-state index in [1.807, 2.05) is 0 Å². The predicted octanol–water partition coefficient (Wildman–Crippen LogP) is 0.158. The molecular formula is C10H24ClFN4. The van der Waals surface area contributed by atoms with Crippen molar-refractivity contribution in [3.05, 3.63) is 0 Å². The molecule has 0 amide bonds.